The smallest absolute Gasteiger partial charge is 0.123 e. The molecule has 1 aromatic rings. The summed E-state index contributed by atoms with van der Waals surface area (Å²) in [5.41, 5.74) is 2.85. The number of fused-ring (bicyclic) bond motifs is 1. The van der Waals surface area contributed by atoms with Crippen molar-refractivity contribution in [2.45, 2.75) is 25.9 Å². The maximum atomic E-state index is 5.37. The molecule has 0 saturated carbocycles. The first-order valence-corrected chi connectivity index (χ1v) is 4.95. The normalized spacial score (nSPS) is 19.4. The van der Waals surface area contributed by atoms with Gasteiger partial charge in [0.15, 0.2) is 0 Å². The van der Waals surface area contributed by atoms with Crippen LogP contribution in [-0.4, -0.2) is 19.1 Å². The minimum absolute atomic E-state index is 0.129. The van der Waals surface area contributed by atoms with E-state index >= 15 is 0 Å². The molecule has 1 aliphatic rings. The Hall–Kier alpha value is -1.02. The Balaban J connectivity index is 2.57. The summed E-state index contributed by atoms with van der Waals surface area (Å²) in [5, 5.41) is 0. The average Bonchev–Trinajstić information content (AvgIpc) is 2.39. The standard InChI is InChI=1S/C12H17NO/c1-12(2)10-6-5-7-11(14-4)9(10)8-13(12)3/h5-7H,8H2,1-4H3. The van der Waals surface area contributed by atoms with Gasteiger partial charge in [-0.05, 0) is 32.5 Å². The summed E-state index contributed by atoms with van der Waals surface area (Å²) in [6.45, 7) is 5.48. The van der Waals surface area contributed by atoms with Crippen LogP contribution in [0.25, 0.3) is 0 Å². The van der Waals surface area contributed by atoms with E-state index in [1.807, 2.05) is 6.07 Å². The van der Waals surface area contributed by atoms with Crippen LogP contribution in [0.3, 0.4) is 0 Å². The summed E-state index contributed by atoms with van der Waals surface area (Å²) < 4.78 is 5.37. The van der Waals surface area contributed by atoms with E-state index in [1.54, 1.807) is 7.11 Å². The molecular weight excluding hydrogens is 174 g/mol. The second-order valence-electron chi connectivity index (χ2n) is 4.40. The maximum Gasteiger partial charge on any atom is 0.123 e. The summed E-state index contributed by atoms with van der Waals surface area (Å²) in [6.07, 6.45) is 0. The fraction of sp³-hybridized carbons (Fsp3) is 0.500. The van der Waals surface area contributed by atoms with Gasteiger partial charge in [0.2, 0.25) is 0 Å². The van der Waals surface area contributed by atoms with Crippen LogP contribution >= 0.6 is 0 Å². The highest BCUT2D eigenvalue weighted by atomic mass is 16.5. The number of rotatable bonds is 1. The zero-order valence-electron chi connectivity index (χ0n) is 9.29. The van der Waals surface area contributed by atoms with E-state index in [4.69, 9.17) is 4.74 Å². The van der Waals surface area contributed by atoms with Crippen LogP contribution in [0.2, 0.25) is 0 Å². The van der Waals surface area contributed by atoms with Crippen molar-refractivity contribution >= 4 is 0 Å². The molecule has 1 heterocycles. The largest absolute Gasteiger partial charge is 0.496 e. The zero-order valence-corrected chi connectivity index (χ0v) is 9.29. The Morgan fingerprint density at radius 3 is 2.71 bits per heavy atom. The van der Waals surface area contributed by atoms with Crippen LogP contribution in [0, 0.1) is 0 Å². The first kappa shape index (κ1) is 9.53. The van der Waals surface area contributed by atoms with Gasteiger partial charge >= 0.3 is 0 Å². The van der Waals surface area contributed by atoms with Crippen molar-refractivity contribution in [3.63, 3.8) is 0 Å². The monoisotopic (exact) mass is 191 g/mol. The number of benzene rings is 1. The quantitative estimate of drug-likeness (QED) is 0.675. The molecule has 1 aliphatic heterocycles. The molecule has 0 aliphatic carbocycles. The van der Waals surface area contributed by atoms with E-state index in [-0.39, 0.29) is 5.54 Å². The third kappa shape index (κ3) is 1.14. The lowest BCUT2D eigenvalue weighted by Gasteiger charge is -2.28. The van der Waals surface area contributed by atoms with Crippen LogP contribution in [0.1, 0.15) is 25.0 Å². The van der Waals surface area contributed by atoms with Gasteiger partial charge in [-0.3, -0.25) is 4.90 Å². The first-order valence-electron chi connectivity index (χ1n) is 4.95. The molecule has 76 valence electrons. The van der Waals surface area contributed by atoms with Gasteiger partial charge in [-0.1, -0.05) is 12.1 Å². The van der Waals surface area contributed by atoms with E-state index in [2.05, 4.69) is 37.9 Å². The molecule has 0 saturated heterocycles. The molecule has 0 radical (unpaired) electrons. The number of hydrogen-bond donors (Lipinski definition) is 0. The lowest BCUT2D eigenvalue weighted by molar-refractivity contribution is 0.178. The Morgan fingerprint density at radius 2 is 2.07 bits per heavy atom. The van der Waals surface area contributed by atoms with Crippen molar-refractivity contribution in [2.75, 3.05) is 14.2 Å². The predicted octanol–water partition coefficient (Wildman–Crippen LogP) is 2.38. The number of methoxy groups -OCH3 is 1. The van der Waals surface area contributed by atoms with Crippen LogP contribution < -0.4 is 4.74 Å². The molecule has 0 N–H and O–H groups in total. The molecule has 2 rings (SSSR count). The lowest BCUT2D eigenvalue weighted by atomic mass is 9.94. The first-order chi connectivity index (χ1) is 6.57. The van der Waals surface area contributed by atoms with Gasteiger partial charge in [0.1, 0.15) is 5.75 Å². The highest BCUT2D eigenvalue weighted by molar-refractivity contribution is 5.46. The minimum atomic E-state index is 0.129. The summed E-state index contributed by atoms with van der Waals surface area (Å²) in [4.78, 5) is 2.35. The molecule has 0 amide bonds. The van der Waals surface area contributed by atoms with Crippen molar-refractivity contribution in [3.8, 4) is 5.75 Å². The van der Waals surface area contributed by atoms with Crippen molar-refractivity contribution in [1.29, 1.82) is 0 Å². The van der Waals surface area contributed by atoms with Crippen molar-refractivity contribution in [2.24, 2.45) is 0 Å². The lowest BCUT2D eigenvalue weighted by Crippen LogP contribution is -2.31. The van der Waals surface area contributed by atoms with E-state index in [9.17, 15) is 0 Å². The molecule has 2 heteroatoms. The van der Waals surface area contributed by atoms with Crippen LogP contribution in [0.4, 0.5) is 0 Å². The molecule has 1 aromatic carbocycles. The van der Waals surface area contributed by atoms with E-state index in [0.717, 1.165) is 12.3 Å². The zero-order chi connectivity index (χ0) is 10.3. The molecule has 0 unspecified atom stereocenters. The van der Waals surface area contributed by atoms with Gasteiger partial charge in [-0.25, -0.2) is 0 Å². The summed E-state index contributed by atoms with van der Waals surface area (Å²) in [7, 11) is 3.89. The van der Waals surface area contributed by atoms with Crippen LogP contribution in [-0.2, 0) is 12.1 Å². The molecule has 0 spiro atoms. The van der Waals surface area contributed by atoms with Crippen molar-refractivity contribution in [3.05, 3.63) is 29.3 Å². The second-order valence-corrected chi connectivity index (χ2v) is 4.40. The Kier molecular flexibility index (Phi) is 2.04. The number of hydrogen-bond acceptors (Lipinski definition) is 2. The fourth-order valence-corrected chi connectivity index (χ4v) is 2.13. The average molecular weight is 191 g/mol. The molecule has 2 nitrogen and oxygen atoms in total. The van der Waals surface area contributed by atoms with Gasteiger partial charge in [0, 0.05) is 17.6 Å². The predicted molar refractivity (Wildman–Crippen MR) is 57.5 cm³/mol. The summed E-state index contributed by atoms with van der Waals surface area (Å²) in [5.74, 6) is 1.01. The minimum Gasteiger partial charge on any atom is -0.496 e. The molecule has 0 aromatic heterocycles. The van der Waals surface area contributed by atoms with E-state index < -0.39 is 0 Å². The molecule has 0 bridgehead atoms. The van der Waals surface area contributed by atoms with Gasteiger partial charge < -0.3 is 4.74 Å². The van der Waals surface area contributed by atoms with Crippen LogP contribution in [0.5, 0.6) is 5.75 Å². The molecule has 0 atom stereocenters. The van der Waals surface area contributed by atoms with Crippen molar-refractivity contribution in [1.82, 2.24) is 4.90 Å². The number of nitrogens with zero attached hydrogens (tertiary/aromatic N) is 1. The molecule has 14 heavy (non-hydrogen) atoms. The summed E-state index contributed by atoms with van der Waals surface area (Å²) >= 11 is 0. The third-order valence-electron chi connectivity index (χ3n) is 3.36. The SMILES string of the molecule is COc1cccc2c1CN(C)C2(C)C. The highest BCUT2D eigenvalue weighted by Gasteiger charge is 2.35. The van der Waals surface area contributed by atoms with Crippen molar-refractivity contribution < 1.29 is 4.74 Å². The van der Waals surface area contributed by atoms with E-state index in [0.29, 0.717) is 0 Å². The van der Waals surface area contributed by atoms with Gasteiger partial charge in [-0.15, -0.1) is 0 Å². The van der Waals surface area contributed by atoms with Gasteiger partial charge in [0.05, 0.1) is 7.11 Å². The highest BCUT2D eigenvalue weighted by Crippen LogP contribution is 2.41. The number of ether oxygens (including phenoxy) is 1. The van der Waals surface area contributed by atoms with Crippen LogP contribution in [0.15, 0.2) is 18.2 Å². The molecule has 0 fully saturated rings. The van der Waals surface area contributed by atoms with Gasteiger partial charge in [-0.2, -0.15) is 0 Å². The Morgan fingerprint density at radius 1 is 1.36 bits per heavy atom. The Labute approximate surface area is 85.5 Å². The topological polar surface area (TPSA) is 12.5 Å². The second kappa shape index (κ2) is 2.99. The molecular formula is C12H17NO. The maximum absolute atomic E-state index is 5.37. The van der Waals surface area contributed by atoms with Gasteiger partial charge in [0.25, 0.3) is 0 Å². The fourth-order valence-electron chi connectivity index (χ4n) is 2.13. The Bertz CT molecular complexity index is 357. The third-order valence-corrected chi connectivity index (χ3v) is 3.36. The van der Waals surface area contributed by atoms with E-state index in [1.165, 1.54) is 11.1 Å². The summed E-state index contributed by atoms with van der Waals surface area (Å²) in [6, 6.07) is 6.30.